The molecule has 0 spiro atoms. The second-order valence-corrected chi connectivity index (χ2v) is 12.5. The predicted molar refractivity (Wildman–Crippen MR) is 163 cm³/mol. The highest BCUT2D eigenvalue weighted by Gasteiger charge is 2.34. The molecular weight excluding hydrogens is 562 g/mol. The Bertz CT molecular complexity index is 1460. The van der Waals surface area contributed by atoms with Crippen LogP contribution in [0.15, 0.2) is 71.6 Å². The Morgan fingerprint density at radius 1 is 0.976 bits per heavy atom. The zero-order chi connectivity index (χ0) is 30.3. The van der Waals surface area contributed by atoms with E-state index in [1.807, 2.05) is 39.8 Å². The maximum absolute atomic E-state index is 14.1. The maximum Gasteiger partial charge on any atom is 0.264 e. The van der Waals surface area contributed by atoms with Crippen molar-refractivity contribution in [3.8, 4) is 5.75 Å². The summed E-state index contributed by atoms with van der Waals surface area (Å²) >= 11 is 6.18. The Morgan fingerprint density at radius 2 is 1.61 bits per heavy atom. The second-order valence-electron chi connectivity index (χ2n) is 10.2. The van der Waals surface area contributed by atoms with Gasteiger partial charge in [0.05, 0.1) is 17.7 Å². The van der Waals surface area contributed by atoms with E-state index in [1.165, 1.54) is 17.0 Å². The third-order valence-electron chi connectivity index (χ3n) is 6.64. The van der Waals surface area contributed by atoms with Crippen LogP contribution in [0.5, 0.6) is 5.75 Å². The topological polar surface area (TPSA) is 96.0 Å². The molecule has 0 aliphatic heterocycles. The molecule has 3 aromatic carbocycles. The number of hydrogen-bond acceptors (Lipinski definition) is 5. The van der Waals surface area contributed by atoms with Gasteiger partial charge in [-0.3, -0.25) is 13.9 Å². The van der Waals surface area contributed by atoms with Gasteiger partial charge in [-0.1, -0.05) is 48.4 Å². The summed E-state index contributed by atoms with van der Waals surface area (Å²) in [4.78, 5) is 28.9. The van der Waals surface area contributed by atoms with Gasteiger partial charge in [-0.25, -0.2) is 8.42 Å². The van der Waals surface area contributed by atoms with Gasteiger partial charge in [0.1, 0.15) is 18.3 Å². The molecule has 0 unspecified atom stereocenters. The van der Waals surface area contributed by atoms with Crippen LogP contribution in [0.1, 0.15) is 43.9 Å². The van der Waals surface area contributed by atoms with E-state index in [0.717, 1.165) is 15.4 Å². The van der Waals surface area contributed by atoms with Crippen molar-refractivity contribution in [3.63, 3.8) is 0 Å². The second kappa shape index (κ2) is 13.9. The smallest absolute Gasteiger partial charge is 0.264 e. The van der Waals surface area contributed by atoms with E-state index in [2.05, 4.69) is 5.32 Å². The van der Waals surface area contributed by atoms with Gasteiger partial charge in [-0.15, -0.1) is 0 Å². The molecule has 0 bridgehead atoms. The summed E-state index contributed by atoms with van der Waals surface area (Å²) < 4.78 is 34.4. The quantitative estimate of drug-likeness (QED) is 0.297. The molecule has 2 amide bonds. The summed E-state index contributed by atoms with van der Waals surface area (Å²) in [5.41, 5.74) is 2.59. The molecule has 3 rings (SSSR count). The van der Waals surface area contributed by atoms with E-state index in [0.29, 0.717) is 28.4 Å². The van der Waals surface area contributed by atoms with Crippen molar-refractivity contribution in [1.82, 2.24) is 10.2 Å². The Labute approximate surface area is 248 Å². The minimum atomic E-state index is -4.16. The first-order valence-electron chi connectivity index (χ1n) is 13.5. The lowest BCUT2D eigenvalue weighted by Crippen LogP contribution is -2.53. The van der Waals surface area contributed by atoms with E-state index >= 15 is 0 Å². The number of anilines is 1. The first-order valence-corrected chi connectivity index (χ1v) is 15.3. The summed E-state index contributed by atoms with van der Waals surface area (Å²) in [6, 6.07) is 17.5. The van der Waals surface area contributed by atoms with E-state index in [-0.39, 0.29) is 23.4 Å². The number of hydrogen-bond donors (Lipinski definition) is 1. The van der Waals surface area contributed by atoms with Crippen LogP contribution in [0.25, 0.3) is 0 Å². The zero-order valence-electron chi connectivity index (χ0n) is 24.3. The molecule has 0 aromatic heterocycles. The number of ether oxygens (including phenoxy) is 1. The van der Waals surface area contributed by atoms with Crippen LogP contribution in [0.3, 0.4) is 0 Å². The van der Waals surface area contributed by atoms with Crippen LogP contribution in [-0.2, 0) is 26.2 Å². The van der Waals surface area contributed by atoms with Gasteiger partial charge >= 0.3 is 0 Å². The third kappa shape index (κ3) is 8.01. The van der Waals surface area contributed by atoms with Crippen molar-refractivity contribution in [2.24, 2.45) is 0 Å². The molecule has 3 aromatic rings. The molecule has 0 aliphatic rings. The minimum Gasteiger partial charge on any atom is -0.497 e. The number of benzene rings is 3. The van der Waals surface area contributed by atoms with Crippen molar-refractivity contribution in [2.45, 2.75) is 64.6 Å². The van der Waals surface area contributed by atoms with Gasteiger partial charge in [-0.2, -0.15) is 0 Å². The highest BCUT2D eigenvalue weighted by Crippen LogP contribution is 2.30. The van der Waals surface area contributed by atoms with E-state index < -0.39 is 28.5 Å². The molecule has 220 valence electrons. The van der Waals surface area contributed by atoms with Crippen molar-refractivity contribution >= 4 is 39.1 Å². The molecule has 0 heterocycles. The number of carbonyl (C=O) groups excluding carboxylic acids is 2. The molecule has 8 nitrogen and oxygen atoms in total. The molecular formula is C31H38ClN3O5S. The van der Waals surface area contributed by atoms with Crippen molar-refractivity contribution in [2.75, 3.05) is 18.0 Å². The number of methoxy groups -OCH3 is 1. The summed E-state index contributed by atoms with van der Waals surface area (Å²) in [6.07, 6.45) is 0.338. The number of aryl methyl sites for hydroxylation is 2. The molecule has 0 radical (unpaired) electrons. The van der Waals surface area contributed by atoms with Crippen LogP contribution in [0.2, 0.25) is 5.02 Å². The van der Waals surface area contributed by atoms with E-state index in [4.69, 9.17) is 16.3 Å². The molecule has 0 aliphatic carbocycles. The Kier molecular flexibility index (Phi) is 10.8. The Hall–Kier alpha value is -3.56. The van der Waals surface area contributed by atoms with Crippen LogP contribution >= 0.6 is 11.6 Å². The fourth-order valence-electron chi connectivity index (χ4n) is 4.48. The predicted octanol–water partition coefficient (Wildman–Crippen LogP) is 5.49. The normalized spacial score (nSPS) is 12.1. The first kappa shape index (κ1) is 32.0. The fourth-order valence-corrected chi connectivity index (χ4v) is 6.18. The van der Waals surface area contributed by atoms with Gasteiger partial charge < -0.3 is 15.0 Å². The van der Waals surface area contributed by atoms with Crippen LogP contribution < -0.4 is 14.4 Å². The third-order valence-corrected chi connectivity index (χ3v) is 8.65. The highest BCUT2D eigenvalue weighted by molar-refractivity contribution is 7.92. The number of nitrogens with one attached hydrogen (secondary N) is 1. The van der Waals surface area contributed by atoms with Gasteiger partial charge in [0.2, 0.25) is 11.8 Å². The van der Waals surface area contributed by atoms with E-state index in [1.54, 1.807) is 56.5 Å². The number of carbonyl (C=O) groups is 2. The summed E-state index contributed by atoms with van der Waals surface area (Å²) in [5.74, 6) is -0.165. The lowest BCUT2D eigenvalue weighted by molar-refractivity contribution is -0.140. The SMILES string of the molecule is CC[C@H](C(=O)NC(C)C)N(Cc1ccc(OC)cc1)C(=O)CN(c1ccc(Cl)cc1C)S(=O)(=O)c1ccc(C)cc1. The standard InChI is InChI=1S/C31H38ClN3O5S/c1-7-28(31(37)33-21(2)3)34(19-24-10-13-26(40-6)14-11-24)30(36)20-35(29-17-12-25(32)18-23(29)5)41(38,39)27-15-8-22(4)9-16-27/h8-18,21,28H,7,19-20H2,1-6H3,(H,33,37)/t28-/m1/s1. The van der Waals surface area contributed by atoms with Crippen molar-refractivity contribution in [3.05, 3.63) is 88.4 Å². The molecule has 10 heteroatoms. The largest absolute Gasteiger partial charge is 0.497 e. The zero-order valence-corrected chi connectivity index (χ0v) is 25.9. The first-order chi connectivity index (χ1) is 19.4. The molecule has 1 atom stereocenters. The van der Waals surface area contributed by atoms with Crippen LogP contribution in [0, 0.1) is 13.8 Å². The minimum absolute atomic E-state index is 0.0524. The maximum atomic E-state index is 14.1. The fraction of sp³-hybridized carbons (Fsp3) is 0.355. The van der Waals surface area contributed by atoms with Crippen molar-refractivity contribution < 1.29 is 22.7 Å². The molecule has 1 N–H and O–H groups in total. The number of halogens is 1. The Morgan fingerprint density at radius 3 is 2.15 bits per heavy atom. The molecule has 0 saturated carbocycles. The number of sulfonamides is 1. The van der Waals surface area contributed by atoms with Gasteiger partial charge in [0.25, 0.3) is 10.0 Å². The lowest BCUT2D eigenvalue weighted by Gasteiger charge is -2.34. The van der Waals surface area contributed by atoms with Crippen LogP contribution in [0.4, 0.5) is 5.69 Å². The number of amides is 2. The monoisotopic (exact) mass is 599 g/mol. The average molecular weight is 600 g/mol. The van der Waals surface area contributed by atoms with Gasteiger partial charge in [0.15, 0.2) is 0 Å². The number of nitrogens with zero attached hydrogens (tertiary/aromatic N) is 2. The summed E-state index contributed by atoms with van der Waals surface area (Å²) in [6.45, 7) is 8.71. The molecule has 0 saturated heterocycles. The highest BCUT2D eigenvalue weighted by atomic mass is 35.5. The molecule has 41 heavy (non-hydrogen) atoms. The number of rotatable bonds is 12. The summed E-state index contributed by atoms with van der Waals surface area (Å²) in [7, 11) is -2.60. The van der Waals surface area contributed by atoms with Gasteiger partial charge in [0, 0.05) is 17.6 Å². The summed E-state index contributed by atoms with van der Waals surface area (Å²) in [5, 5.41) is 3.34. The molecule has 0 fully saturated rings. The van der Waals surface area contributed by atoms with E-state index in [9.17, 15) is 18.0 Å². The van der Waals surface area contributed by atoms with Gasteiger partial charge in [-0.05, 0) is 87.7 Å². The van der Waals surface area contributed by atoms with Crippen molar-refractivity contribution in [1.29, 1.82) is 0 Å². The average Bonchev–Trinajstić information content (AvgIpc) is 2.92. The Balaban J connectivity index is 2.09. The van der Waals surface area contributed by atoms with Crippen LogP contribution in [-0.4, -0.2) is 50.9 Å². The lowest BCUT2D eigenvalue weighted by atomic mass is 10.1.